The molecule has 0 N–H and O–H groups in total. The van der Waals surface area contributed by atoms with Gasteiger partial charge in [-0.3, -0.25) is 14.9 Å². The lowest BCUT2D eigenvalue weighted by molar-refractivity contribution is -0.528. The minimum Gasteiger partial charge on any atom is -0.332 e. The molecule has 20 heavy (non-hydrogen) atoms. The molecule has 1 aromatic carbocycles. The summed E-state index contributed by atoms with van der Waals surface area (Å²) in [5, 5.41) is 11.3. The molecule has 0 radical (unpaired) electrons. The monoisotopic (exact) mass is 274 g/mol. The number of carbonyl (C=O) groups is 1. The molecule has 0 aliphatic carbocycles. The van der Waals surface area contributed by atoms with Crippen molar-refractivity contribution in [2.45, 2.75) is 25.3 Å². The van der Waals surface area contributed by atoms with Gasteiger partial charge in [0, 0.05) is 17.9 Å². The van der Waals surface area contributed by atoms with E-state index in [9.17, 15) is 14.9 Å². The first-order valence-electron chi connectivity index (χ1n) is 6.61. The van der Waals surface area contributed by atoms with Crippen molar-refractivity contribution in [2.75, 3.05) is 13.1 Å². The van der Waals surface area contributed by atoms with Crippen molar-refractivity contribution in [1.29, 1.82) is 0 Å². The fraction of sp³-hybridized carbons (Fsp3) is 0.400. The number of nitro groups is 1. The van der Waals surface area contributed by atoms with Crippen molar-refractivity contribution in [2.24, 2.45) is 0 Å². The number of rotatable bonds is 4. The van der Waals surface area contributed by atoms with Gasteiger partial charge < -0.3 is 4.90 Å². The maximum Gasteiger partial charge on any atom is 0.237 e. The number of benzene rings is 1. The predicted molar refractivity (Wildman–Crippen MR) is 76.1 cm³/mol. The van der Waals surface area contributed by atoms with Gasteiger partial charge in [0.2, 0.25) is 11.9 Å². The number of amides is 1. The molecule has 1 aliphatic rings. The van der Waals surface area contributed by atoms with Gasteiger partial charge in [-0.05, 0) is 12.5 Å². The zero-order chi connectivity index (χ0) is 14.7. The minimum absolute atomic E-state index is 0.0476. The summed E-state index contributed by atoms with van der Waals surface area (Å²) in [6, 6.07) is 6.86. The number of piperidine rings is 1. The summed E-state index contributed by atoms with van der Waals surface area (Å²) >= 11 is 0. The van der Waals surface area contributed by atoms with Crippen LogP contribution in [0.1, 0.15) is 23.5 Å². The molecule has 1 amide bonds. The van der Waals surface area contributed by atoms with E-state index < -0.39 is 6.04 Å². The van der Waals surface area contributed by atoms with E-state index in [4.69, 9.17) is 0 Å². The first kappa shape index (κ1) is 14.2. The smallest absolute Gasteiger partial charge is 0.237 e. The van der Waals surface area contributed by atoms with Crippen molar-refractivity contribution in [3.63, 3.8) is 0 Å². The van der Waals surface area contributed by atoms with Gasteiger partial charge in [0.1, 0.15) is 0 Å². The fourth-order valence-electron chi connectivity index (χ4n) is 2.61. The maximum absolute atomic E-state index is 12.1. The first-order chi connectivity index (χ1) is 9.52. The standard InChI is InChI=1S/C15H18N2O3/c1-3-8-16-10-14(17(19)20)13(9-15(16)18)12-6-4-11(2)5-7-12/h3-7,13-14H,1,8-10H2,2H3/t13-,14-/m1/s1. The Kier molecular flexibility index (Phi) is 4.17. The lowest BCUT2D eigenvalue weighted by Gasteiger charge is -2.33. The highest BCUT2D eigenvalue weighted by Crippen LogP contribution is 2.30. The molecule has 0 spiro atoms. The second-order valence-electron chi connectivity index (χ2n) is 5.16. The number of likely N-dealkylation sites (tertiary alicyclic amines) is 1. The average Bonchev–Trinajstić information content (AvgIpc) is 2.41. The Hall–Kier alpha value is -2.17. The third kappa shape index (κ3) is 2.87. The van der Waals surface area contributed by atoms with Crippen molar-refractivity contribution in [3.05, 3.63) is 58.2 Å². The Labute approximate surface area is 118 Å². The zero-order valence-corrected chi connectivity index (χ0v) is 11.5. The van der Waals surface area contributed by atoms with Crippen LogP contribution >= 0.6 is 0 Å². The van der Waals surface area contributed by atoms with E-state index in [1.165, 1.54) is 4.90 Å². The summed E-state index contributed by atoms with van der Waals surface area (Å²) < 4.78 is 0. The molecule has 1 fully saturated rings. The summed E-state index contributed by atoms with van der Waals surface area (Å²) in [4.78, 5) is 24.6. The number of nitrogens with zero attached hydrogens (tertiary/aromatic N) is 2. The van der Waals surface area contributed by atoms with Gasteiger partial charge in [-0.15, -0.1) is 6.58 Å². The Bertz CT molecular complexity index is 524. The molecule has 2 atom stereocenters. The molecule has 0 aromatic heterocycles. The molecule has 0 unspecified atom stereocenters. The lowest BCUT2D eigenvalue weighted by Crippen LogP contribution is -2.49. The second kappa shape index (κ2) is 5.86. The summed E-state index contributed by atoms with van der Waals surface area (Å²) in [5.74, 6) is -0.396. The Morgan fingerprint density at radius 2 is 2.10 bits per heavy atom. The van der Waals surface area contributed by atoms with Crippen LogP contribution < -0.4 is 0 Å². The second-order valence-corrected chi connectivity index (χ2v) is 5.16. The summed E-state index contributed by atoms with van der Waals surface area (Å²) in [6.45, 7) is 6.06. The fourth-order valence-corrected chi connectivity index (χ4v) is 2.61. The highest BCUT2D eigenvalue weighted by atomic mass is 16.6. The highest BCUT2D eigenvalue weighted by molar-refractivity contribution is 5.78. The molecule has 1 saturated heterocycles. The van der Waals surface area contributed by atoms with Crippen LogP contribution in [0.15, 0.2) is 36.9 Å². The minimum atomic E-state index is -0.754. The van der Waals surface area contributed by atoms with Crippen LogP contribution in [0.5, 0.6) is 0 Å². The van der Waals surface area contributed by atoms with Gasteiger partial charge in [0.15, 0.2) is 0 Å². The van der Waals surface area contributed by atoms with E-state index in [2.05, 4.69) is 6.58 Å². The Balaban J connectivity index is 2.27. The molecule has 0 bridgehead atoms. The molecule has 5 nitrogen and oxygen atoms in total. The van der Waals surface area contributed by atoms with Gasteiger partial charge in [0.05, 0.1) is 12.5 Å². The molecule has 1 heterocycles. The summed E-state index contributed by atoms with van der Waals surface area (Å²) in [5.41, 5.74) is 1.96. The zero-order valence-electron chi connectivity index (χ0n) is 11.5. The molecule has 5 heteroatoms. The largest absolute Gasteiger partial charge is 0.332 e. The molecule has 2 rings (SSSR count). The van der Waals surface area contributed by atoms with Crippen LogP contribution in [0.25, 0.3) is 0 Å². The average molecular weight is 274 g/mol. The van der Waals surface area contributed by atoms with Crippen molar-refractivity contribution in [1.82, 2.24) is 4.90 Å². The molecular weight excluding hydrogens is 256 g/mol. The molecular formula is C15H18N2O3. The van der Waals surface area contributed by atoms with E-state index in [0.29, 0.717) is 6.54 Å². The third-order valence-corrected chi connectivity index (χ3v) is 3.74. The molecule has 1 aliphatic heterocycles. The summed E-state index contributed by atoms with van der Waals surface area (Å²) in [7, 11) is 0. The number of carbonyl (C=O) groups excluding carboxylic acids is 1. The van der Waals surface area contributed by atoms with Crippen LogP contribution in [0.3, 0.4) is 0 Å². The maximum atomic E-state index is 12.1. The molecule has 0 saturated carbocycles. The Morgan fingerprint density at radius 3 is 2.65 bits per heavy atom. The first-order valence-corrected chi connectivity index (χ1v) is 6.61. The molecule has 106 valence electrons. The van der Waals surface area contributed by atoms with Crippen LogP contribution in [-0.2, 0) is 4.79 Å². The van der Waals surface area contributed by atoms with Crippen LogP contribution in [0.2, 0.25) is 0 Å². The number of hydrogen-bond acceptors (Lipinski definition) is 3. The van der Waals surface area contributed by atoms with Gasteiger partial charge in [-0.2, -0.15) is 0 Å². The van der Waals surface area contributed by atoms with E-state index >= 15 is 0 Å². The van der Waals surface area contributed by atoms with E-state index in [1.54, 1.807) is 6.08 Å². The van der Waals surface area contributed by atoms with Crippen molar-refractivity contribution < 1.29 is 9.72 Å². The number of aryl methyl sites for hydroxylation is 1. The third-order valence-electron chi connectivity index (χ3n) is 3.74. The summed E-state index contributed by atoms with van der Waals surface area (Å²) in [6.07, 6.45) is 1.78. The van der Waals surface area contributed by atoms with Gasteiger partial charge in [-0.25, -0.2) is 0 Å². The van der Waals surface area contributed by atoms with Gasteiger partial charge in [0.25, 0.3) is 0 Å². The van der Waals surface area contributed by atoms with Crippen molar-refractivity contribution >= 4 is 5.91 Å². The normalized spacial score (nSPS) is 22.6. The van der Waals surface area contributed by atoms with Crippen LogP contribution in [0.4, 0.5) is 0 Å². The predicted octanol–water partition coefficient (Wildman–Crippen LogP) is 2.14. The van der Waals surface area contributed by atoms with E-state index in [0.717, 1.165) is 11.1 Å². The highest BCUT2D eigenvalue weighted by Gasteiger charge is 2.41. The van der Waals surface area contributed by atoms with Gasteiger partial charge >= 0.3 is 0 Å². The van der Waals surface area contributed by atoms with E-state index in [-0.39, 0.29) is 29.7 Å². The molecule has 1 aromatic rings. The lowest BCUT2D eigenvalue weighted by atomic mass is 9.85. The van der Waals surface area contributed by atoms with E-state index in [1.807, 2.05) is 31.2 Å². The van der Waals surface area contributed by atoms with Gasteiger partial charge in [-0.1, -0.05) is 35.9 Å². The quantitative estimate of drug-likeness (QED) is 0.480. The topological polar surface area (TPSA) is 63.4 Å². The van der Waals surface area contributed by atoms with Crippen molar-refractivity contribution in [3.8, 4) is 0 Å². The SMILES string of the molecule is C=CCN1C[C@@H]([N+](=O)[O-])[C@@H](c2ccc(C)cc2)CC1=O. The van der Waals surface area contributed by atoms with Crippen LogP contribution in [0, 0.1) is 17.0 Å². The Morgan fingerprint density at radius 1 is 1.45 bits per heavy atom. The number of hydrogen-bond donors (Lipinski definition) is 0. The van der Waals surface area contributed by atoms with Crippen LogP contribution in [-0.4, -0.2) is 34.9 Å².